The molecule has 2 aromatic carbocycles. The number of ketones is 3. The second-order valence-electron chi connectivity index (χ2n) is 11.4. The number of ether oxygens (including phenoxy) is 4. The van der Waals surface area contributed by atoms with Crippen molar-refractivity contribution < 1.29 is 71.9 Å². The number of benzene rings is 2. The maximum Gasteiger partial charge on any atom is 0.475 e. The predicted octanol–water partition coefficient (Wildman–Crippen LogP) is 2.58. The number of hydrogen-bond acceptors (Lipinski definition) is 15. The first-order valence-electron chi connectivity index (χ1n) is 14.9. The van der Waals surface area contributed by atoms with Gasteiger partial charge in [0.15, 0.2) is 23.5 Å². The van der Waals surface area contributed by atoms with Crippen LogP contribution in [0.4, 0.5) is 0 Å². The van der Waals surface area contributed by atoms with Gasteiger partial charge >= 0.3 is 7.82 Å². The number of phosphoric ester groups is 1. The van der Waals surface area contributed by atoms with Gasteiger partial charge < -0.3 is 39.4 Å². The number of hydrogen-bond donors (Lipinski definition) is 4. The summed E-state index contributed by atoms with van der Waals surface area (Å²) >= 11 is 0. The number of aliphatic hydroxyl groups excluding tert-OH is 2. The lowest BCUT2D eigenvalue weighted by Crippen LogP contribution is -2.61. The molecular formula is C31H37O15P. The van der Waals surface area contributed by atoms with E-state index in [1.807, 2.05) is 0 Å². The van der Waals surface area contributed by atoms with E-state index in [1.54, 1.807) is 0 Å². The smallest absolute Gasteiger partial charge is 0.475 e. The van der Waals surface area contributed by atoms with Gasteiger partial charge in [0.05, 0.1) is 30.4 Å². The summed E-state index contributed by atoms with van der Waals surface area (Å²) in [7, 11) is -2.05. The summed E-state index contributed by atoms with van der Waals surface area (Å²) < 4.78 is 53.5. The van der Waals surface area contributed by atoms with Gasteiger partial charge in [-0.1, -0.05) is 12.1 Å². The van der Waals surface area contributed by atoms with Crippen LogP contribution in [-0.4, -0.2) is 108 Å². The van der Waals surface area contributed by atoms with E-state index in [1.165, 1.54) is 60.1 Å². The molecule has 0 saturated carbocycles. The minimum atomic E-state index is -4.47. The molecule has 1 aliphatic heterocycles. The Balaban J connectivity index is 1.75. The van der Waals surface area contributed by atoms with Crippen molar-refractivity contribution in [1.82, 2.24) is 0 Å². The highest BCUT2D eigenvalue weighted by Crippen LogP contribution is 2.58. The molecular weight excluding hydrogens is 643 g/mol. The van der Waals surface area contributed by atoms with Crippen LogP contribution in [0.2, 0.25) is 0 Å². The fourth-order valence-electron chi connectivity index (χ4n) is 6.37. The molecule has 2 aromatic rings. The normalized spacial score (nSPS) is 30.6. The monoisotopic (exact) mass is 680 g/mol. The molecule has 1 heterocycles. The number of Topliss-reactive ketones (excluding diaryl/α,β-unsaturated/α-hetero) is 1. The lowest BCUT2D eigenvalue weighted by molar-refractivity contribution is -0.321. The summed E-state index contributed by atoms with van der Waals surface area (Å²) in [6.07, 6.45) is -9.86. The van der Waals surface area contributed by atoms with Crippen molar-refractivity contribution in [1.29, 1.82) is 0 Å². The summed E-state index contributed by atoms with van der Waals surface area (Å²) in [4.78, 5) is 41.9. The molecule has 47 heavy (non-hydrogen) atoms. The van der Waals surface area contributed by atoms with E-state index >= 15 is 0 Å². The molecule has 0 amide bonds. The van der Waals surface area contributed by atoms with Gasteiger partial charge in [0, 0.05) is 36.5 Å². The van der Waals surface area contributed by atoms with E-state index in [0.29, 0.717) is 0 Å². The molecule has 4 N–H and O–H groups in total. The third-order valence-corrected chi connectivity index (χ3v) is 10.3. The molecule has 0 bridgehead atoms. The SMILES string of the molecule is CCOP(=O)(OCC)O[C@]1(C)C(=O)c2cc3c(c(O)c2[C@@H](OC2OC(C)C(O)C(O)C2OC)[C@@H]1OC)C(=O)c1c(O)cccc1C3=O. The number of rotatable bonds is 10. The molecule has 0 radical (unpaired) electrons. The largest absolute Gasteiger partial charge is 0.507 e. The Labute approximate surface area is 269 Å². The number of fused-ring (bicyclic) bond motifs is 3. The average molecular weight is 681 g/mol. The minimum absolute atomic E-state index is 0.129. The molecule has 1 fully saturated rings. The van der Waals surface area contributed by atoms with E-state index in [0.717, 1.165) is 6.07 Å². The highest BCUT2D eigenvalue weighted by molar-refractivity contribution is 7.48. The van der Waals surface area contributed by atoms with Crippen molar-refractivity contribution >= 4 is 25.2 Å². The van der Waals surface area contributed by atoms with E-state index in [4.69, 9.17) is 32.5 Å². The van der Waals surface area contributed by atoms with E-state index in [-0.39, 0.29) is 41.0 Å². The number of phenols is 2. The van der Waals surface area contributed by atoms with Crippen LogP contribution < -0.4 is 0 Å². The first-order chi connectivity index (χ1) is 22.2. The molecule has 256 valence electrons. The summed E-state index contributed by atoms with van der Waals surface area (Å²) in [5, 5.41) is 43.5. The van der Waals surface area contributed by atoms with Gasteiger partial charge in [-0.05, 0) is 39.8 Å². The summed E-state index contributed by atoms with van der Waals surface area (Å²) in [5.41, 5.74) is -4.28. The Bertz CT molecular complexity index is 1630. The van der Waals surface area contributed by atoms with Crippen LogP contribution in [0.25, 0.3) is 0 Å². The van der Waals surface area contributed by atoms with Gasteiger partial charge in [-0.2, -0.15) is 0 Å². The van der Waals surface area contributed by atoms with Crippen LogP contribution in [0.3, 0.4) is 0 Å². The Kier molecular flexibility index (Phi) is 9.81. The number of aliphatic hydroxyl groups is 2. The molecule has 8 atom stereocenters. The molecule has 0 spiro atoms. The topological polar surface area (TPSA) is 214 Å². The van der Waals surface area contributed by atoms with Gasteiger partial charge in [-0.15, -0.1) is 0 Å². The zero-order valence-electron chi connectivity index (χ0n) is 26.5. The maximum absolute atomic E-state index is 14.5. The quantitative estimate of drug-likeness (QED) is 0.227. The average Bonchev–Trinajstić information content (AvgIpc) is 3.01. The van der Waals surface area contributed by atoms with Crippen LogP contribution in [0.5, 0.6) is 11.5 Å². The van der Waals surface area contributed by atoms with Crippen LogP contribution >= 0.6 is 7.82 Å². The highest BCUT2D eigenvalue weighted by atomic mass is 31.2. The molecule has 16 heteroatoms. The van der Waals surface area contributed by atoms with Crippen LogP contribution in [0.15, 0.2) is 24.3 Å². The van der Waals surface area contributed by atoms with Crippen LogP contribution in [0, 0.1) is 0 Å². The first kappa shape index (κ1) is 35.2. The fraction of sp³-hybridized carbons (Fsp3) is 0.516. The Morgan fingerprint density at radius 3 is 2.17 bits per heavy atom. The third-order valence-electron chi connectivity index (χ3n) is 8.59. The van der Waals surface area contributed by atoms with Gasteiger partial charge in [0.25, 0.3) is 0 Å². The zero-order valence-corrected chi connectivity index (χ0v) is 27.4. The Morgan fingerprint density at radius 2 is 1.57 bits per heavy atom. The number of aromatic hydroxyl groups is 2. The van der Waals surface area contributed by atoms with Crippen LogP contribution in [0.1, 0.15) is 81.6 Å². The number of methoxy groups -OCH3 is 2. The Morgan fingerprint density at radius 1 is 0.915 bits per heavy atom. The number of phosphoric acid groups is 1. The van der Waals surface area contributed by atoms with Gasteiger partial charge in [-0.3, -0.25) is 28.0 Å². The number of phenolic OH excluding ortho intramolecular Hbond substituents is 2. The number of carbonyl (C=O) groups is 3. The summed E-state index contributed by atoms with van der Waals surface area (Å²) in [5.74, 6) is -3.92. The molecule has 15 nitrogen and oxygen atoms in total. The molecule has 5 unspecified atom stereocenters. The zero-order chi connectivity index (χ0) is 34.6. The summed E-state index contributed by atoms with van der Waals surface area (Å²) in [6, 6.07) is 4.99. The van der Waals surface area contributed by atoms with E-state index in [9.17, 15) is 39.4 Å². The third kappa shape index (κ3) is 5.64. The minimum Gasteiger partial charge on any atom is -0.507 e. The molecule has 1 saturated heterocycles. The second-order valence-corrected chi connectivity index (χ2v) is 13.0. The lowest BCUT2D eigenvalue weighted by Gasteiger charge is -2.47. The molecule has 3 aliphatic rings. The first-order valence-corrected chi connectivity index (χ1v) is 16.3. The van der Waals surface area contributed by atoms with Crippen molar-refractivity contribution in [2.75, 3.05) is 27.4 Å². The molecule has 2 aliphatic carbocycles. The van der Waals surface area contributed by atoms with Crippen molar-refractivity contribution in [2.24, 2.45) is 0 Å². The standard InChI is InChI=1S/C31H37O15P/c1-7-42-47(39,43-8-2)46-31(4)28(38)16-12-15-19(23(35)18-14(22(15)34)10-9-11-17(18)32)24(36)20(16)26(29(31)41-6)45-30-27(40-5)25(37)21(33)13(3)44-30/h9-13,21,25-27,29-30,32-33,36-37H,7-8H2,1-6H3/t13?,21?,25?,26-,27?,29+,30?,31-/m1/s1. The molecule has 5 rings (SSSR count). The van der Waals surface area contributed by atoms with Gasteiger partial charge in [0.1, 0.15) is 42.0 Å². The van der Waals surface area contributed by atoms with Crippen LogP contribution in [-0.2, 0) is 37.1 Å². The van der Waals surface area contributed by atoms with Gasteiger partial charge in [-0.25, -0.2) is 4.57 Å². The highest BCUT2D eigenvalue weighted by Gasteiger charge is 2.60. The predicted molar refractivity (Wildman–Crippen MR) is 160 cm³/mol. The van der Waals surface area contributed by atoms with E-state index < -0.39 is 90.7 Å². The van der Waals surface area contributed by atoms with Crippen molar-refractivity contribution in [3.05, 3.63) is 57.6 Å². The lowest BCUT2D eigenvalue weighted by atomic mass is 9.72. The Hall–Kier alpha value is -3.08. The molecule has 0 aromatic heterocycles. The second kappa shape index (κ2) is 13.1. The van der Waals surface area contributed by atoms with E-state index in [2.05, 4.69) is 0 Å². The fourth-order valence-corrected chi connectivity index (χ4v) is 7.83. The van der Waals surface area contributed by atoms with Crippen molar-refractivity contribution in [3.8, 4) is 11.5 Å². The maximum atomic E-state index is 14.5. The number of carbonyl (C=O) groups excluding carboxylic acids is 3. The summed E-state index contributed by atoms with van der Waals surface area (Å²) in [6.45, 7) is 5.51. The van der Waals surface area contributed by atoms with Crippen molar-refractivity contribution in [2.45, 2.75) is 76.2 Å². The van der Waals surface area contributed by atoms with Gasteiger partial charge in [0.2, 0.25) is 5.78 Å². The van der Waals surface area contributed by atoms with Crippen molar-refractivity contribution in [3.63, 3.8) is 0 Å².